The van der Waals surface area contributed by atoms with Gasteiger partial charge in [-0.1, -0.05) is 13.3 Å². The van der Waals surface area contributed by atoms with Gasteiger partial charge in [-0.2, -0.15) is 0 Å². The molecule has 22 heavy (non-hydrogen) atoms. The fourth-order valence-corrected chi connectivity index (χ4v) is 2.00. The number of hydrogen-bond donors (Lipinski definition) is 2. The van der Waals surface area contributed by atoms with Gasteiger partial charge in [0.05, 0.1) is 14.2 Å². The van der Waals surface area contributed by atoms with Crippen LogP contribution in [-0.4, -0.2) is 33.3 Å². The molecule has 0 fully saturated rings. The van der Waals surface area contributed by atoms with Crippen molar-refractivity contribution in [3.05, 3.63) is 23.8 Å². The van der Waals surface area contributed by atoms with Crippen molar-refractivity contribution >= 4 is 29.9 Å². The molecule has 5 nitrogen and oxygen atoms in total. The Balaban J connectivity index is 0.00000441. The lowest BCUT2D eigenvalue weighted by atomic mass is 10.1. The van der Waals surface area contributed by atoms with Gasteiger partial charge in [0, 0.05) is 13.1 Å². The Bertz CT molecular complexity index is 453. The topological polar surface area (TPSA) is 68.9 Å². The van der Waals surface area contributed by atoms with Crippen molar-refractivity contribution < 1.29 is 9.47 Å². The molecule has 0 amide bonds. The van der Waals surface area contributed by atoms with Crippen molar-refractivity contribution in [1.29, 1.82) is 0 Å². The summed E-state index contributed by atoms with van der Waals surface area (Å²) in [6.45, 7) is 3.73. The molecule has 0 unspecified atom stereocenters. The Morgan fingerprint density at radius 1 is 1.23 bits per heavy atom. The summed E-state index contributed by atoms with van der Waals surface area (Å²) in [4.78, 5) is 4.32. The van der Waals surface area contributed by atoms with E-state index in [1.807, 2.05) is 18.2 Å². The minimum atomic E-state index is 0. The first kappa shape index (κ1) is 20.8. The Morgan fingerprint density at radius 2 is 2.00 bits per heavy atom. The van der Waals surface area contributed by atoms with Gasteiger partial charge in [0.15, 0.2) is 5.96 Å². The highest BCUT2D eigenvalue weighted by atomic mass is 127. The van der Waals surface area contributed by atoms with E-state index in [1.54, 1.807) is 14.2 Å². The van der Waals surface area contributed by atoms with Crippen LogP contribution in [0.5, 0.6) is 11.5 Å². The number of benzene rings is 1. The number of halogens is 1. The van der Waals surface area contributed by atoms with Crippen molar-refractivity contribution in [1.82, 2.24) is 5.32 Å². The Labute approximate surface area is 150 Å². The molecule has 1 aromatic carbocycles. The summed E-state index contributed by atoms with van der Waals surface area (Å²) in [5.41, 5.74) is 6.92. The van der Waals surface area contributed by atoms with Gasteiger partial charge in [-0.25, -0.2) is 0 Å². The molecule has 0 aliphatic heterocycles. The average Bonchev–Trinajstić information content (AvgIpc) is 2.51. The van der Waals surface area contributed by atoms with Crippen LogP contribution in [0.1, 0.15) is 31.7 Å². The largest absolute Gasteiger partial charge is 0.497 e. The van der Waals surface area contributed by atoms with Gasteiger partial charge < -0.3 is 20.5 Å². The molecule has 3 N–H and O–H groups in total. The van der Waals surface area contributed by atoms with Crippen LogP contribution in [0.15, 0.2) is 23.2 Å². The zero-order valence-electron chi connectivity index (χ0n) is 13.7. The van der Waals surface area contributed by atoms with Gasteiger partial charge >= 0.3 is 0 Å². The van der Waals surface area contributed by atoms with Crippen molar-refractivity contribution in [2.45, 2.75) is 32.6 Å². The second kappa shape index (κ2) is 12.4. The van der Waals surface area contributed by atoms with Crippen molar-refractivity contribution in [2.24, 2.45) is 10.7 Å². The molecule has 0 aliphatic carbocycles. The van der Waals surface area contributed by atoms with E-state index in [0.29, 0.717) is 12.5 Å². The van der Waals surface area contributed by atoms with Crippen LogP contribution in [0.4, 0.5) is 0 Å². The molecule has 0 bridgehead atoms. The number of methoxy groups -OCH3 is 2. The van der Waals surface area contributed by atoms with Gasteiger partial charge in [-0.3, -0.25) is 4.99 Å². The number of nitrogens with zero attached hydrogens (tertiary/aromatic N) is 1. The SMILES string of the molecule is CCCCNC(N)=NCCCc1cc(OC)ccc1OC.I. The highest BCUT2D eigenvalue weighted by molar-refractivity contribution is 14.0. The molecule has 1 aromatic rings. The third-order valence-electron chi connectivity index (χ3n) is 3.21. The summed E-state index contributed by atoms with van der Waals surface area (Å²) in [5, 5.41) is 3.11. The first-order chi connectivity index (χ1) is 10.2. The fourth-order valence-electron chi connectivity index (χ4n) is 2.00. The van der Waals surface area contributed by atoms with Gasteiger partial charge in [-0.05, 0) is 43.0 Å². The number of nitrogens with one attached hydrogen (secondary N) is 1. The quantitative estimate of drug-likeness (QED) is 0.279. The predicted octanol–water partition coefficient (Wildman–Crippen LogP) is 2.96. The third-order valence-corrected chi connectivity index (χ3v) is 3.21. The highest BCUT2D eigenvalue weighted by Crippen LogP contribution is 2.24. The van der Waals surface area contributed by atoms with Crippen molar-refractivity contribution in [3.8, 4) is 11.5 Å². The Kier molecular flexibility index (Phi) is 11.7. The van der Waals surface area contributed by atoms with Gasteiger partial charge in [0.2, 0.25) is 0 Å². The molecule has 0 radical (unpaired) electrons. The second-order valence-electron chi connectivity index (χ2n) is 4.83. The van der Waals surface area contributed by atoms with Gasteiger partial charge in [0.25, 0.3) is 0 Å². The van der Waals surface area contributed by atoms with E-state index in [2.05, 4.69) is 17.2 Å². The molecule has 6 heteroatoms. The number of rotatable bonds is 9. The zero-order chi connectivity index (χ0) is 15.5. The molecule has 0 heterocycles. The highest BCUT2D eigenvalue weighted by Gasteiger charge is 2.04. The van der Waals surface area contributed by atoms with Gasteiger partial charge in [-0.15, -0.1) is 24.0 Å². The molecule has 0 atom stereocenters. The first-order valence-corrected chi connectivity index (χ1v) is 7.46. The molecule has 126 valence electrons. The molecule has 0 spiro atoms. The molecule has 0 saturated carbocycles. The van der Waals surface area contributed by atoms with E-state index in [4.69, 9.17) is 15.2 Å². The standard InChI is InChI=1S/C16H27N3O2.HI/c1-4-5-10-18-16(17)19-11-6-7-13-12-14(20-2)8-9-15(13)21-3;/h8-9,12H,4-7,10-11H2,1-3H3,(H3,17,18,19);1H. The molecular formula is C16H28IN3O2. The number of ether oxygens (including phenoxy) is 2. The van der Waals surface area contributed by atoms with Crippen LogP contribution in [0, 0.1) is 0 Å². The third kappa shape index (κ3) is 7.72. The van der Waals surface area contributed by atoms with Gasteiger partial charge in [0.1, 0.15) is 11.5 Å². The van der Waals surface area contributed by atoms with E-state index in [9.17, 15) is 0 Å². The van der Waals surface area contributed by atoms with E-state index >= 15 is 0 Å². The number of nitrogens with two attached hydrogens (primary N) is 1. The summed E-state index contributed by atoms with van der Waals surface area (Å²) in [6.07, 6.45) is 4.05. The van der Waals surface area contributed by atoms with Crippen LogP contribution >= 0.6 is 24.0 Å². The number of aliphatic imine (C=N–C) groups is 1. The molecular weight excluding hydrogens is 393 g/mol. The van der Waals surface area contributed by atoms with Crippen LogP contribution in [-0.2, 0) is 6.42 Å². The molecule has 1 rings (SSSR count). The van der Waals surface area contributed by atoms with E-state index in [-0.39, 0.29) is 24.0 Å². The minimum Gasteiger partial charge on any atom is -0.497 e. The molecule has 0 aliphatic rings. The van der Waals surface area contributed by atoms with Crippen LogP contribution in [0.25, 0.3) is 0 Å². The van der Waals surface area contributed by atoms with Crippen LogP contribution in [0.3, 0.4) is 0 Å². The smallest absolute Gasteiger partial charge is 0.188 e. The van der Waals surface area contributed by atoms with E-state index in [1.165, 1.54) is 0 Å². The lowest BCUT2D eigenvalue weighted by Gasteiger charge is -2.10. The molecule has 0 saturated heterocycles. The summed E-state index contributed by atoms with van der Waals surface area (Å²) >= 11 is 0. The average molecular weight is 421 g/mol. The van der Waals surface area contributed by atoms with Crippen molar-refractivity contribution in [3.63, 3.8) is 0 Å². The van der Waals surface area contributed by atoms with Crippen LogP contribution in [0.2, 0.25) is 0 Å². The monoisotopic (exact) mass is 421 g/mol. The summed E-state index contributed by atoms with van der Waals surface area (Å²) in [6, 6.07) is 5.83. The van der Waals surface area contributed by atoms with Crippen molar-refractivity contribution in [2.75, 3.05) is 27.3 Å². The maximum atomic E-state index is 5.79. The number of aryl methyl sites for hydroxylation is 1. The maximum Gasteiger partial charge on any atom is 0.188 e. The lowest BCUT2D eigenvalue weighted by Crippen LogP contribution is -2.32. The Morgan fingerprint density at radius 3 is 2.64 bits per heavy atom. The lowest BCUT2D eigenvalue weighted by molar-refractivity contribution is 0.398. The number of guanidine groups is 1. The summed E-state index contributed by atoms with van der Waals surface area (Å²) in [7, 11) is 3.34. The van der Waals surface area contributed by atoms with E-state index in [0.717, 1.165) is 49.3 Å². The first-order valence-electron chi connectivity index (χ1n) is 7.46. The van der Waals surface area contributed by atoms with E-state index < -0.39 is 0 Å². The predicted molar refractivity (Wildman–Crippen MR) is 103 cm³/mol. The normalized spacial score (nSPS) is 10.8. The summed E-state index contributed by atoms with van der Waals surface area (Å²) < 4.78 is 10.6. The number of unbranched alkanes of at least 4 members (excludes halogenated alkanes) is 1. The maximum absolute atomic E-state index is 5.79. The Hall–Kier alpha value is -1.18. The molecule has 0 aromatic heterocycles. The van der Waals surface area contributed by atoms with Crippen LogP contribution < -0.4 is 20.5 Å². The summed E-state index contributed by atoms with van der Waals surface area (Å²) in [5.74, 6) is 2.25. The fraction of sp³-hybridized carbons (Fsp3) is 0.562. The minimum absolute atomic E-state index is 0. The number of hydrogen-bond acceptors (Lipinski definition) is 3. The second-order valence-corrected chi connectivity index (χ2v) is 4.83. The zero-order valence-corrected chi connectivity index (χ0v) is 16.1.